The Hall–Kier alpha value is -1.35. The molecule has 0 spiro atoms. The van der Waals surface area contributed by atoms with E-state index in [0.717, 1.165) is 12.3 Å². The minimum Gasteiger partial charge on any atom is -0.469 e. The van der Waals surface area contributed by atoms with Crippen LogP contribution in [0.4, 0.5) is 0 Å². The van der Waals surface area contributed by atoms with Crippen molar-refractivity contribution in [3.05, 3.63) is 35.9 Å². The highest BCUT2D eigenvalue weighted by molar-refractivity contribution is 5.69. The summed E-state index contributed by atoms with van der Waals surface area (Å²) in [5.41, 5.74) is 1.39. The number of piperidine rings is 1. The van der Waals surface area contributed by atoms with Crippen LogP contribution in [0.2, 0.25) is 0 Å². The van der Waals surface area contributed by atoms with Crippen molar-refractivity contribution in [2.24, 2.45) is 17.8 Å². The summed E-state index contributed by atoms with van der Waals surface area (Å²) < 4.78 is 4.99. The lowest BCUT2D eigenvalue weighted by atomic mass is 9.75. The van der Waals surface area contributed by atoms with Crippen LogP contribution in [0.25, 0.3) is 0 Å². The number of hydrogen-bond acceptors (Lipinski definition) is 3. The van der Waals surface area contributed by atoms with Gasteiger partial charge in [-0.15, -0.1) is 0 Å². The largest absolute Gasteiger partial charge is 0.469 e. The Morgan fingerprint density at radius 1 is 1.17 bits per heavy atom. The van der Waals surface area contributed by atoms with Crippen molar-refractivity contribution in [3.8, 4) is 0 Å². The van der Waals surface area contributed by atoms with E-state index in [0.29, 0.717) is 30.3 Å². The maximum absolute atomic E-state index is 12.0. The van der Waals surface area contributed by atoms with Crippen molar-refractivity contribution in [3.63, 3.8) is 0 Å². The molecule has 0 N–H and O–H groups in total. The molecule has 23 heavy (non-hydrogen) atoms. The summed E-state index contributed by atoms with van der Waals surface area (Å²) in [5, 5.41) is 0. The molecule has 0 aromatic heterocycles. The molecule has 0 saturated carbocycles. The van der Waals surface area contributed by atoms with Gasteiger partial charge in [0.25, 0.3) is 0 Å². The quantitative estimate of drug-likeness (QED) is 0.779. The van der Waals surface area contributed by atoms with Crippen LogP contribution >= 0.6 is 0 Å². The molecule has 2 saturated heterocycles. The van der Waals surface area contributed by atoms with Crippen LogP contribution in [0.1, 0.15) is 38.2 Å². The highest BCUT2D eigenvalue weighted by Gasteiger charge is 2.49. The van der Waals surface area contributed by atoms with E-state index in [-0.39, 0.29) is 5.97 Å². The molecule has 2 bridgehead atoms. The third kappa shape index (κ3) is 3.30. The van der Waals surface area contributed by atoms with Crippen LogP contribution < -0.4 is 0 Å². The van der Waals surface area contributed by atoms with Crippen molar-refractivity contribution in [2.75, 3.05) is 14.2 Å². The summed E-state index contributed by atoms with van der Waals surface area (Å²) >= 11 is 0. The minimum absolute atomic E-state index is 0.0557. The van der Waals surface area contributed by atoms with E-state index in [2.05, 4.69) is 49.2 Å². The van der Waals surface area contributed by atoms with Crippen LogP contribution in [-0.2, 0) is 16.0 Å². The van der Waals surface area contributed by atoms with Gasteiger partial charge in [0.2, 0.25) is 0 Å². The summed E-state index contributed by atoms with van der Waals surface area (Å²) in [5.74, 6) is 1.73. The van der Waals surface area contributed by atoms with E-state index < -0.39 is 0 Å². The molecule has 0 amide bonds. The predicted molar refractivity (Wildman–Crippen MR) is 92.1 cm³/mol. The molecule has 126 valence electrons. The number of carbonyl (C=O) groups is 1. The molecule has 0 radical (unpaired) electrons. The molecule has 5 atom stereocenters. The second-order valence-electron chi connectivity index (χ2n) is 7.33. The van der Waals surface area contributed by atoms with Gasteiger partial charge in [-0.2, -0.15) is 0 Å². The van der Waals surface area contributed by atoms with Crippen molar-refractivity contribution in [2.45, 2.75) is 51.1 Å². The molecule has 1 aromatic carbocycles. The Labute approximate surface area is 140 Å². The number of esters is 1. The molecule has 2 aliphatic rings. The summed E-state index contributed by atoms with van der Waals surface area (Å²) in [6, 6.07) is 12.0. The van der Waals surface area contributed by atoms with E-state index in [1.807, 2.05) is 0 Å². The zero-order valence-corrected chi connectivity index (χ0v) is 14.6. The summed E-state index contributed by atoms with van der Waals surface area (Å²) in [7, 11) is 3.77. The van der Waals surface area contributed by atoms with Gasteiger partial charge in [0.05, 0.1) is 13.5 Å². The van der Waals surface area contributed by atoms with Crippen molar-refractivity contribution < 1.29 is 9.53 Å². The van der Waals surface area contributed by atoms with Gasteiger partial charge in [-0.05, 0) is 49.6 Å². The summed E-state index contributed by atoms with van der Waals surface area (Å²) in [6.45, 7) is 2.31. The van der Waals surface area contributed by atoms with E-state index in [9.17, 15) is 4.79 Å². The average molecular weight is 315 g/mol. The van der Waals surface area contributed by atoms with Crippen LogP contribution in [0, 0.1) is 17.8 Å². The highest BCUT2D eigenvalue weighted by Crippen LogP contribution is 2.47. The molecular formula is C20H29NO2. The molecule has 2 heterocycles. The number of methoxy groups -OCH3 is 1. The van der Waals surface area contributed by atoms with Gasteiger partial charge in [0, 0.05) is 12.1 Å². The normalized spacial score (nSPS) is 33.6. The number of carbonyl (C=O) groups excluding carboxylic acids is 1. The first kappa shape index (κ1) is 16.5. The first-order chi connectivity index (χ1) is 11.1. The molecule has 3 heteroatoms. The van der Waals surface area contributed by atoms with Crippen LogP contribution in [-0.4, -0.2) is 37.1 Å². The Balaban J connectivity index is 1.82. The maximum atomic E-state index is 12.0. The lowest BCUT2D eigenvalue weighted by molar-refractivity contribution is -0.143. The Kier molecular flexibility index (Phi) is 5.05. The third-order valence-electron chi connectivity index (χ3n) is 6.27. The van der Waals surface area contributed by atoms with Gasteiger partial charge < -0.3 is 4.74 Å². The molecule has 3 nitrogen and oxygen atoms in total. The maximum Gasteiger partial charge on any atom is 0.305 e. The van der Waals surface area contributed by atoms with Crippen LogP contribution in [0.3, 0.4) is 0 Å². The van der Waals surface area contributed by atoms with Gasteiger partial charge in [0.15, 0.2) is 0 Å². The summed E-state index contributed by atoms with van der Waals surface area (Å²) in [4.78, 5) is 14.5. The van der Waals surface area contributed by atoms with Crippen molar-refractivity contribution >= 4 is 5.97 Å². The molecular weight excluding hydrogens is 286 g/mol. The first-order valence-corrected chi connectivity index (χ1v) is 8.96. The Morgan fingerprint density at radius 3 is 2.52 bits per heavy atom. The van der Waals surface area contributed by atoms with Gasteiger partial charge in [-0.25, -0.2) is 0 Å². The van der Waals surface area contributed by atoms with E-state index in [1.54, 1.807) is 0 Å². The molecule has 1 aromatic rings. The zero-order chi connectivity index (χ0) is 16.4. The van der Waals surface area contributed by atoms with Crippen molar-refractivity contribution in [1.82, 2.24) is 4.90 Å². The zero-order valence-electron chi connectivity index (χ0n) is 14.6. The minimum atomic E-state index is -0.0557. The van der Waals surface area contributed by atoms with Crippen molar-refractivity contribution in [1.29, 1.82) is 0 Å². The number of benzene rings is 1. The topological polar surface area (TPSA) is 29.5 Å². The summed E-state index contributed by atoms with van der Waals surface area (Å²) in [6.07, 6.45) is 5.34. The number of fused-ring (bicyclic) bond motifs is 2. The molecule has 0 aliphatic carbocycles. The first-order valence-electron chi connectivity index (χ1n) is 8.96. The predicted octanol–water partition coefficient (Wildman–Crippen LogP) is 3.53. The number of ether oxygens (including phenoxy) is 1. The second-order valence-corrected chi connectivity index (χ2v) is 7.33. The molecule has 2 fully saturated rings. The Morgan fingerprint density at radius 2 is 1.87 bits per heavy atom. The third-order valence-corrected chi connectivity index (χ3v) is 6.27. The molecule has 2 unspecified atom stereocenters. The highest BCUT2D eigenvalue weighted by atomic mass is 16.5. The van der Waals surface area contributed by atoms with E-state index in [4.69, 9.17) is 4.74 Å². The smallest absolute Gasteiger partial charge is 0.305 e. The van der Waals surface area contributed by atoms with Gasteiger partial charge in [0.1, 0.15) is 0 Å². The van der Waals surface area contributed by atoms with E-state index >= 15 is 0 Å². The monoisotopic (exact) mass is 315 g/mol. The van der Waals surface area contributed by atoms with Gasteiger partial charge >= 0.3 is 5.97 Å². The van der Waals surface area contributed by atoms with Gasteiger partial charge in [-0.3, -0.25) is 9.69 Å². The van der Waals surface area contributed by atoms with E-state index in [1.165, 1.54) is 31.9 Å². The SMILES string of the molecule is CC[C@H]1CC2[C@@H](CC(=O)OC)[C@@H](Cc3ccccc3)CC1N2C. The molecule has 2 aliphatic heterocycles. The number of hydrogen-bond donors (Lipinski definition) is 0. The van der Waals surface area contributed by atoms with Gasteiger partial charge in [-0.1, -0.05) is 43.7 Å². The Bertz CT molecular complexity index is 530. The fraction of sp³-hybridized carbons (Fsp3) is 0.650. The fourth-order valence-corrected chi connectivity index (χ4v) is 5.02. The molecule has 3 rings (SSSR count). The lowest BCUT2D eigenvalue weighted by Gasteiger charge is -2.43. The number of nitrogens with zero attached hydrogens (tertiary/aromatic N) is 1. The van der Waals surface area contributed by atoms with Crippen LogP contribution in [0.5, 0.6) is 0 Å². The average Bonchev–Trinajstić information content (AvgIpc) is 2.79. The second kappa shape index (κ2) is 7.04. The fourth-order valence-electron chi connectivity index (χ4n) is 5.02. The standard InChI is InChI=1S/C20H29NO2/c1-4-15-11-19-17(13-20(22)23-3)16(12-18(15)21(19)2)10-14-8-6-5-7-9-14/h5-9,15-19H,4,10-13H2,1-3H3/t15-,16-,17-,18?,19?/m0/s1. The van der Waals surface area contributed by atoms with Crippen LogP contribution in [0.15, 0.2) is 30.3 Å². The number of rotatable bonds is 5. The lowest BCUT2D eigenvalue weighted by Crippen LogP contribution is -2.48.